The maximum Gasteiger partial charge on any atom is 0.341 e. The van der Waals surface area contributed by atoms with Crippen LogP contribution in [0.25, 0.3) is 0 Å². The van der Waals surface area contributed by atoms with Crippen LogP contribution >= 0.6 is 11.3 Å². The average molecular weight is 345 g/mol. The van der Waals surface area contributed by atoms with E-state index in [1.54, 1.807) is 36.6 Å². The van der Waals surface area contributed by atoms with Crippen LogP contribution in [-0.2, 0) is 17.6 Å². The molecule has 0 spiro atoms. The fourth-order valence-electron chi connectivity index (χ4n) is 2.78. The minimum absolute atomic E-state index is 0.230. The zero-order valence-electron chi connectivity index (χ0n) is 13.5. The van der Waals surface area contributed by atoms with Gasteiger partial charge in [-0.2, -0.15) is 0 Å². The summed E-state index contributed by atoms with van der Waals surface area (Å²) in [6, 6.07) is 3.28. The second-order valence-corrected chi connectivity index (χ2v) is 6.56. The van der Waals surface area contributed by atoms with Crippen LogP contribution in [0.2, 0.25) is 0 Å². The smallest absolute Gasteiger partial charge is 0.341 e. The van der Waals surface area contributed by atoms with Crippen LogP contribution in [-0.4, -0.2) is 18.4 Å². The molecule has 2 aromatic rings. The van der Waals surface area contributed by atoms with Gasteiger partial charge in [0.25, 0.3) is 0 Å². The summed E-state index contributed by atoms with van der Waals surface area (Å²) in [5.74, 6) is -0.249. The Balaban J connectivity index is 1.80. The van der Waals surface area contributed by atoms with Gasteiger partial charge in [0.1, 0.15) is 5.00 Å². The second-order valence-electron chi connectivity index (χ2n) is 5.45. The Kier molecular flexibility index (Phi) is 5.15. The molecule has 2 heterocycles. The molecule has 3 rings (SSSR count). The number of aryl methyl sites for hydroxylation is 1. The Bertz CT molecular complexity index is 758. The maximum absolute atomic E-state index is 12.3. The molecular weight excluding hydrogens is 326 g/mol. The third kappa shape index (κ3) is 3.43. The molecule has 0 atom stereocenters. The van der Waals surface area contributed by atoms with E-state index >= 15 is 0 Å². The van der Waals surface area contributed by atoms with Gasteiger partial charge in [-0.1, -0.05) is 0 Å². The predicted molar refractivity (Wildman–Crippen MR) is 92.7 cm³/mol. The number of ether oxygens (including phenoxy) is 1. The van der Waals surface area contributed by atoms with Gasteiger partial charge in [0, 0.05) is 17.2 Å². The Labute approximate surface area is 144 Å². The summed E-state index contributed by atoms with van der Waals surface area (Å²) in [7, 11) is 0. The SMILES string of the molecule is CCOC(=O)c1c(NC=CC(=O)c2ccco2)sc2c1CCCC2. The van der Waals surface area contributed by atoms with E-state index in [4.69, 9.17) is 9.15 Å². The van der Waals surface area contributed by atoms with Gasteiger partial charge in [0.2, 0.25) is 5.78 Å². The number of allylic oxidation sites excluding steroid dienone is 1. The van der Waals surface area contributed by atoms with Crippen molar-refractivity contribution < 1.29 is 18.7 Å². The van der Waals surface area contributed by atoms with Crippen molar-refractivity contribution in [3.63, 3.8) is 0 Å². The minimum atomic E-state index is -0.301. The van der Waals surface area contributed by atoms with Gasteiger partial charge >= 0.3 is 5.97 Å². The summed E-state index contributed by atoms with van der Waals surface area (Å²) in [5, 5.41) is 3.82. The van der Waals surface area contributed by atoms with E-state index in [1.807, 2.05) is 0 Å². The molecule has 0 aromatic carbocycles. The molecule has 24 heavy (non-hydrogen) atoms. The van der Waals surface area contributed by atoms with Crippen molar-refractivity contribution in [2.75, 3.05) is 11.9 Å². The normalized spacial score (nSPS) is 13.7. The minimum Gasteiger partial charge on any atom is -0.462 e. The third-order valence-electron chi connectivity index (χ3n) is 3.86. The summed E-state index contributed by atoms with van der Waals surface area (Å²) in [4.78, 5) is 25.5. The van der Waals surface area contributed by atoms with Gasteiger partial charge in [0.15, 0.2) is 5.76 Å². The number of fused-ring (bicyclic) bond motifs is 1. The molecule has 1 N–H and O–H groups in total. The summed E-state index contributed by atoms with van der Waals surface area (Å²) in [6.07, 6.45) is 8.52. The van der Waals surface area contributed by atoms with Crippen molar-refractivity contribution in [3.8, 4) is 0 Å². The number of nitrogens with one attached hydrogen (secondary N) is 1. The molecule has 2 aromatic heterocycles. The highest BCUT2D eigenvalue weighted by atomic mass is 32.1. The zero-order chi connectivity index (χ0) is 16.9. The fraction of sp³-hybridized carbons (Fsp3) is 0.333. The van der Waals surface area contributed by atoms with Crippen molar-refractivity contribution in [2.45, 2.75) is 32.6 Å². The first-order valence-electron chi connectivity index (χ1n) is 8.03. The Hall–Kier alpha value is -2.34. The van der Waals surface area contributed by atoms with E-state index in [2.05, 4.69) is 5.32 Å². The Morgan fingerprint density at radius 3 is 2.96 bits per heavy atom. The van der Waals surface area contributed by atoms with Gasteiger partial charge in [0.05, 0.1) is 18.4 Å². The molecule has 0 saturated heterocycles. The lowest BCUT2D eigenvalue weighted by molar-refractivity contribution is 0.0526. The van der Waals surface area contributed by atoms with E-state index < -0.39 is 0 Å². The van der Waals surface area contributed by atoms with E-state index in [-0.39, 0.29) is 17.5 Å². The number of esters is 1. The first-order chi connectivity index (χ1) is 11.7. The molecule has 0 unspecified atom stereocenters. The number of hydrogen-bond acceptors (Lipinski definition) is 6. The highest BCUT2D eigenvalue weighted by Crippen LogP contribution is 2.38. The van der Waals surface area contributed by atoms with Gasteiger partial charge < -0.3 is 14.5 Å². The number of carbonyl (C=O) groups is 2. The van der Waals surface area contributed by atoms with Crippen LogP contribution in [0.5, 0.6) is 0 Å². The topological polar surface area (TPSA) is 68.5 Å². The lowest BCUT2D eigenvalue weighted by Gasteiger charge is -2.12. The molecule has 0 fully saturated rings. The number of furan rings is 1. The number of rotatable bonds is 6. The van der Waals surface area contributed by atoms with Crippen LogP contribution in [0, 0.1) is 0 Å². The molecule has 1 aliphatic rings. The van der Waals surface area contributed by atoms with Crippen molar-refractivity contribution in [1.29, 1.82) is 0 Å². The highest BCUT2D eigenvalue weighted by Gasteiger charge is 2.25. The van der Waals surface area contributed by atoms with Gasteiger partial charge in [-0.25, -0.2) is 4.79 Å². The number of anilines is 1. The van der Waals surface area contributed by atoms with Crippen LogP contribution in [0.4, 0.5) is 5.00 Å². The molecule has 0 amide bonds. The largest absolute Gasteiger partial charge is 0.462 e. The van der Waals surface area contributed by atoms with Crippen molar-refractivity contribution in [1.82, 2.24) is 0 Å². The molecule has 0 aliphatic heterocycles. The lowest BCUT2D eigenvalue weighted by Crippen LogP contribution is -2.10. The Morgan fingerprint density at radius 2 is 2.21 bits per heavy atom. The second kappa shape index (κ2) is 7.49. The number of ketones is 1. The van der Waals surface area contributed by atoms with Gasteiger partial charge in [-0.3, -0.25) is 4.79 Å². The van der Waals surface area contributed by atoms with Crippen molar-refractivity contribution in [3.05, 3.63) is 52.4 Å². The molecule has 126 valence electrons. The van der Waals surface area contributed by atoms with E-state index in [9.17, 15) is 9.59 Å². The monoisotopic (exact) mass is 345 g/mol. The molecular formula is C18H19NO4S. The standard InChI is InChI=1S/C18H19NO4S/c1-2-22-18(21)16-12-6-3-4-8-15(12)24-17(16)19-10-9-13(20)14-7-5-11-23-14/h5,7,9-11,19H,2-4,6,8H2,1H3. The number of hydrogen-bond donors (Lipinski definition) is 1. The number of carbonyl (C=O) groups excluding carboxylic acids is 2. The van der Waals surface area contributed by atoms with Crippen molar-refractivity contribution >= 4 is 28.1 Å². The predicted octanol–water partition coefficient (Wildman–Crippen LogP) is 4.21. The molecule has 6 heteroatoms. The molecule has 0 radical (unpaired) electrons. The van der Waals surface area contributed by atoms with Gasteiger partial charge in [-0.15, -0.1) is 11.3 Å². The van der Waals surface area contributed by atoms with E-state index in [0.29, 0.717) is 12.2 Å². The van der Waals surface area contributed by atoms with Crippen LogP contribution in [0.15, 0.2) is 35.1 Å². The lowest BCUT2D eigenvalue weighted by atomic mass is 9.95. The quantitative estimate of drug-likeness (QED) is 0.483. The first kappa shape index (κ1) is 16.5. The van der Waals surface area contributed by atoms with Gasteiger partial charge in [-0.05, 0) is 50.3 Å². The molecule has 0 bridgehead atoms. The van der Waals surface area contributed by atoms with Crippen LogP contribution in [0.1, 0.15) is 51.1 Å². The molecule has 0 saturated carbocycles. The number of thiophene rings is 1. The maximum atomic E-state index is 12.3. The molecule has 5 nitrogen and oxygen atoms in total. The van der Waals surface area contributed by atoms with E-state index in [0.717, 1.165) is 36.2 Å². The Morgan fingerprint density at radius 1 is 1.38 bits per heavy atom. The fourth-order valence-corrected chi connectivity index (χ4v) is 4.04. The first-order valence-corrected chi connectivity index (χ1v) is 8.85. The third-order valence-corrected chi connectivity index (χ3v) is 5.09. The highest BCUT2D eigenvalue weighted by molar-refractivity contribution is 7.16. The summed E-state index contributed by atoms with van der Waals surface area (Å²) >= 11 is 1.57. The zero-order valence-corrected chi connectivity index (χ0v) is 14.3. The van der Waals surface area contributed by atoms with Crippen LogP contribution < -0.4 is 5.32 Å². The van der Waals surface area contributed by atoms with E-state index in [1.165, 1.54) is 17.2 Å². The van der Waals surface area contributed by atoms with Crippen molar-refractivity contribution in [2.24, 2.45) is 0 Å². The average Bonchev–Trinajstić information content (AvgIpc) is 3.22. The summed E-state index contributed by atoms with van der Waals surface area (Å²) < 4.78 is 10.3. The van der Waals surface area contributed by atoms with Crippen LogP contribution in [0.3, 0.4) is 0 Å². The summed E-state index contributed by atoms with van der Waals surface area (Å²) in [5.41, 5.74) is 1.71. The molecule has 1 aliphatic carbocycles. The summed E-state index contributed by atoms with van der Waals surface area (Å²) in [6.45, 7) is 2.14.